The smallest absolute Gasteiger partial charge is 0.225 e. The number of carbonyl (C=O) groups excluding carboxylic acids is 1. The van der Waals surface area contributed by atoms with E-state index < -0.39 is 0 Å². The monoisotopic (exact) mass is 465 g/mol. The number of rotatable bonds is 6. The Hall–Kier alpha value is -3.04. The minimum absolute atomic E-state index is 0.0692. The maximum Gasteiger partial charge on any atom is 0.225 e. The Bertz CT molecular complexity index is 1170. The molecule has 1 amide bonds. The number of nitrogens with one attached hydrogen (secondary N) is 1. The van der Waals surface area contributed by atoms with Crippen LogP contribution in [-0.2, 0) is 11.3 Å². The van der Waals surface area contributed by atoms with Gasteiger partial charge in [0.2, 0.25) is 5.91 Å². The van der Waals surface area contributed by atoms with Gasteiger partial charge in [-0.05, 0) is 55.5 Å². The van der Waals surface area contributed by atoms with Crippen molar-refractivity contribution in [3.63, 3.8) is 0 Å². The summed E-state index contributed by atoms with van der Waals surface area (Å²) in [6, 6.07) is 11.6. The van der Waals surface area contributed by atoms with Gasteiger partial charge >= 0.3 is 0 Å². The molecular formula is C23H23N5O2S2. The largest absolute Gasteiger partial charge is 0.463 e. The molecular weight excluding hydrogens is 442 g/mol. The second kappa shape index (κ2) is 9.22. The first kappa shape index (κ1) is 20.8. The molecule has 7 nitrogen and oxygen atoms in total. The third-order valence-electron chi connectivity index (χ3n) is 5.59. The van der Waals surface area contributed by atoms with Crippen LogP contribution >= 0.6 is 22.7 Å². The third-order valence-corrected chi connectivity index (χ3v) is 7.78. The van der Waals surface area contributed by atoms with Gasteiger partial charge in [-0.25, -0.2) is 4.98 Å². The van der Waals surface area contributed by atoms with Crippen LogP contribution in [0.1, 0.15) is 23.4 Å². The minimum atomic E-state index is -0.0692. The van der Waals surface area contributed by atoms with Crippen LogP contribution in [0.15, 0.2) is 52.5 Å². The van der Waals surface area contributed by atoms with E-state index in [2.05, 4.69) is 36.8 Å². The minimum Gasteiger partial charge on any atom is -0.463 e. The number of piperidine rings is 1. The number of carbonyl (C=O) groups is 1. The highest BCUT2D eigenvalue weighted by Crippen LogP contribution is 2.31. The van der Waals surface area contributed by atoms with Gasteiger partial charge in [0.25, 0.3) is 0 Å². The molecule has 0 aliphatic carbocycles. The Morgan fingerprint density at radius 3 is 2.94 bits per heavy atom. The van der Waals surface area contributed by atoms with Gasteiger partial charge in [0.05, 0.1) is 29.3 Å². The fraction of sp³-hybridized carbons (Fsp3) is 0.304. The van der Waals surface area contributed by atoms with E-state index in [0.29, 0.717) is 24.5 Å². The average Bonchev–Trinajstić information content (AvgIpc) is 3.60. The zero-order chi connectivity index (χ0) is 21.9. The lowest BCUT2D eigenvalue weighted by atomic mass is 9.97. The molecule has 0 radical (unpaired) electrons. The number of anilines is 1. The number of furan rings is 1. The maximum atomic E-state index is 12.9. The number of thiophene rings is 1. The highest BCUT2D eigenvalue weighted by Gasteiger charge is 2.27. The molecule has 4 aromatic rings. The highest BCUT2D eigenvalue weighted by molar-refractivity contribution is 7.21. The number of aromatic nitrogens is 3. The van der Waals surface area contributed by atoms with Crippen LogP contribution in [-0.4, -0.2) is 34.2 Å². The van der Waals surface area contributed by atoms with Gasteiger partial charge in [-0.1, -0.05) is 6.07 Å². The Balaban J connectivity index is 1.20. The Labute approximate surface area is 194 Å². The number of hydrogen-bond donors (Lipinski definition) is 1. The number of amides is 1. The Morgan fingerprint density at radius 2 is 2.19 bits per heavy atom. The first-order valence-corrected chi connectivity index (χ1v) is 12.3. The molecule has 32 heavy (non-hydrogen) atoms. The molecule has 1 atom stereocenters. The van der Waals surface area contributed by atoms with Crippen molar-refractivity contribution in [2.24, 2.45) is 5.92 Å². The van der Waals surface area contributed by atoms with Crippen LogP contribution in [0, 0.1) is 12.8 Å². The van der Waals surface area contributed by atoms with Crippen LogP contribution in [0.3, 0.4) is 0 Å². The first-order chi connectivity index (χ1) is 15.7. The van der Waals surface area contributed by atoms with Crippen LogP contribution in [0.25, 0.3) is 21.3 Å². The van der Waals surface area contributed by atoms with Crippen LogP contribution in [0.4, 0.5) is 5.82 Å². The zero-order valence-electron chi connectivity index (χ0n) is 17.7. The van der Waals surface area contributed by atoms with E-state index in [9.17, 15) is 4.79 Å². The molecule has 1 fully saturated rings. The van der Waals surface area contributed by atoms with Crippen LogP contribution in [0.5, 0.6) is 0 Å². The van der Waals surface area contributed by atoms with E-state index in [1.807, 2.05) is 37.3 Å². The van der Waals surface area contributed by atoms with Gasteiger partial charge in [0, 0.05) is 18.0 Å². The summed E-state index contributed by atoms with van der Waals surface area (Å²) in [6.45, 7) is 4.03. The Kier molecular flexibility index (Phi) is 6.00. The Morgan fingerprint density at radius 1 is 1.25 bits per heavy atom. The lowest BCUT2D eigenvalue weighted by Gasteiger charge is -2.32. The van der Waals surface area contributed by atoms with Crippen molar-refractivity contribution >= 4 is 34.4 Å². The van der Waals surface area contributed by atoms with Gasteiger partial charge in [-0.3, -0.25) is 4.79 Å². The molecule has 1 aliphatic rings. The van der Waals surface area contributed by atoms with Gasteiger partial charge in [-0.2, -0.15) is 0 Å². The van der Waals surface area contributed by atoms with E-state index in [1.165, 1.54) is 0 Å². The third kappa shape index (κ3) is 4.44. The number of hydrogen-bond acceptors (Lipinski definition) is 8. The maximum absolute atomic E-state index is 12.9. The second-order valence-corrected chi connectivity index (χ2v) is 9.79. The van der Waals surface area contributed by atoms with E-state index in [0.717, 1.165) is 45.7 Å². The predicted octanol–water partition coefficient (Wildman–Crippen LogP) is 4.76. The molecule has 1 saturated heterocycles. The summed E-state index contributed by atoms with van der Waals surface area (Å²) in [4.78, 5) is 22.0. The lowest BCUT2D eigenvalue weighted by molar-refractivity contribution is -0.125. The number of aryl methyl sites for hydroxylation is 1. The molecule has 0 bridgehead atoms. The summed E-state index contributed by atoms with van der Waals surface area (Å²) in [5.41, 5.74) is 1.68. The molecule has 9 heteroatoms. The molecule has 5 rings (SSSR count). The van der Waals surface area contributed by atoms with Gasteiger partial charge in [0.1, 0.15) is 10.7 Å². The van der Waals surface area contributed by atoms with Gasteiger partial charge in [-0.15, -0.1) is 32.9 Å². The fourth-order valence-corrected chi connectivity index (χ4v) is 5.66. The molecule has 1 unspecified atom stereocenters. The summed E-state index contributed by atoms with van der Waals surface area (Å²) in [5.74, 6) is 1.50. The summed E-state index contributed by atoms with van der Waals surface area (Å²) >= 11 is 3.33. The zero-order valence-corrected chi connectivity index (χ0v) is 19.3. The van der Waals surface area contributed by atoms with Crippen LogP contribution in [0.2, 0.25) is 0 Å². The molecule has 0 aromatic carbocycles. The van der Waals surface area contributed by atoms with Crippen molar-refractivity contribution in [2.45, 2.75) is 26.3 Å². The SMILES string of the molecule is Cc1nc(-c2cccs2)sc1CNC(=O)C1CCCN(c2ccc(-c3ccco3)nn2)C1. The topological polar surface area (TPSA) is 84.2 Å². The van der Waals surface area contributed by atoms with Crippen LogP contribution < -0.4 is 10.2 Å². The lowest BCUT2D eigenvalue weighted by Crippen LogP contribution is -2.43. The molecule has 1 aliphatic heterocycles. The first-order valence-electron chi connectivity index (χ1n) is 10.6. The average molecular weight is 466 g/mol. The molecule has 0 saturated carbocycles. The second-order valence-electron chi connectivity index (χ2n) is 7.76. The molecule has 5 heterocycles. The van der Waals surface area contributed by atoms with Crippen molar-refractivity contribution in [3.8, 4) is 21.3 Å². The molecule has 0 spiro atoms. The summed E-state index contributed by atoms with van der Waals surface area (Å²) < 4.78 is 5.38. The quantitative estimate of drug-likeness (QED) is 0.442. The summed E-state index contributed by atoms with van der Waals surface area (Å²) in [7, 11) is 0. The van der Waals surface area contributed by atoms with Gasteiger partial charge < -0.3 is 14.6 Å². The molecule has 164 valence electrons. The number of thiazole rings is 1. The van der Waals surface area contributed by atoms with Crippen molar-refractivity contribution in [3.05, 3.63) is 58.6 Å². The van der Waals surface area contributed by atoms with Gasteiger partial charge in [0.15, 0.2) is 11.6 Å². The fourth-order valence-electron chi connectivity index (χ4n) is 3.86. The van der Waals surface area contributed by atoms with E-state index in [4.69, 9.17) is 4.42 Å². The number of nitrogens with zero attached hydrogens (tertiary/aromatic N) is 4. The van der Waals surface area contributed by atoms with Crippen molar-refractivity contribution in [2.75, 3.05) is 18.0 Å². The molecule has 1 N–H and O–H groups in total. The van der Waals surface area contributed by atoms with Crippen molar-refractivity contribution < 1.29 is 9.21 Å². The summed E-state index contributed by atoms with van der Waals surface area (Å²) in [5, 5.41) is 14.8. The van der Waals surface area contributed by atoms with E-state index in [-0.39, 0.29) is 11.8 Å². The molecule has 4 aromatic heterocycles. The highest BCUT2D eigenvalue weighted by atomic mass is 32.1. The predicted molar refractivity (Wildman–Crippen MR) is 127 cm³/mol. The van der Waals surface area contributed by atoms with E-state index >= 15 is 0 Å². The standard InChI is InChI=1S/C23H23N5O2S2/c1-15-20(32-23(25-15)19-7-4-12-31-19)13-24-22(29)16-5-2-10-28(14-16)21-9-8-17(26-27-21)18-6-3-11-30-18/h3-4,6-9,11-12,16H,2,5,10,13-14H2,1H3,(H,24,29). The normalized spacial score (nSPS) is 16.3. The van der Waals surface area contributed by atoms with Crippen molar-refractivity contribution in [1.82, 2.24) is 20.5 Å². The van der Waals surface area contributed by atoms with E-state index in [1.54, 1.807) is 28.9 Å². The van der Waals surface area contributed by atoms with Crippen molar-refractivity contribution in [1.29, 1.82) is 0 Å². The summed E-state index contributed by atoms with van der Waals surface area (Å²) in [6.07, 6.45) is 3.44.